The molecule has 1 aromatic carbocycles. The van der Waals surface area contributed by atoms with Crippen molar-refractivity contribution >= 4 is 23.3 Å². The van der Waals surface area contributed by atoms with Gasteiger partial charge in [0.15, 0.2) is 0 Å². The smallest absolute Gasteiger partial charge is 0.251 e. The molecule has 0 atom stereocenters. The number of hydrogen-bond acceptors (Lipinski definition) is 4. The van der Waals surface area contributed by atoms with Gasteiger partial charge in [-0.3, -0.25) is 9.59 Å². The molecule has 0 saturated carbocycles. The number of rotatable bonds is 7. The van der Waals surface area contributed by atoms with Crippen LogP contribution in [0.2, 0.25) is 0 Å². The maximum Gasteiger partial charge on any atom is 0.251 e. The average Bonchev–Trinajstić information content (AvgIpc) is 2.68. The van der Waals surface area contributed by atoms with Crippen molar-refractivity contribution < 1.29 is 9.59 Å². The molecule has 0 unspecified atom stereocenters. The molecule has 0 bridgehead atoms. The van der Waals surface area contributed by atoms with Gasteiger partial charge < -0.3 is 15.5 Å². The molecule has 0 spiro atoms. The summed E-state index contributed by atoms with van der Waals surface area (Å²) in [4.78, 5) is 30.8. The molecule has 0 saturated heterocycles. The monoisotopic (exact) mass is 382 g/mol. The quantitative estimate of drug-likeness (QED) is 0.767. The Labute approximate surface area is 167 Å². The Kier molecular flexibility index (Phi) is 7.15. The van der Waals surface area contributed by atoms with E-state index in [2.05, 4.69) is 55.1 Å². The van der Waals surface area contributed by atoms with Crippen molar-refractivity contribution in [2.24, 2.45) is 0 Å². The van der Waals surface area contributed by atoms with Crippen LogP contribution in [0.3, 0.4) is 0 Å². The summed E-state index contributed by atoms with van der Waals surface area (Å²) in [5.74, 6) is 0.303. The molecule has 0 aliphatic heterocycles. The summed E-state index contributed by atoms with van der Waals surface area (Å²) in [5.41, 5.74) is 2.32. The maximum atomic E-state index is 12.2. The van der Waals surface area contributed by atoms with Crippen LogP contribution in [-0.2, 0) is 10.2 Å². The van der Waals surface area contributed by atoms with Crippen LogP contribution in [0.5, 0.6) is 0 Å². The molecule has 2 rings (SSSR count). The van der Waals surface area contributed by atoms with Gasteiger partial charge in [-0.25, -0.2) is 4.98 Å². The summed E-state index contributed by atoms with van der Waals surface area (Å²) in [6, 6.07) is 11.1. The number of benzene rings is 1. The van der Waals surface area contributed by atoms with E-state index in [0.29, 0.717) is 11.3 Å². The molecule has 6 nitrogen and oxygen atoms in total. The lowest BCUT2D eigenvalue weighted by atomic mass is 9.87. The van der Waals surface area contributed by atoms with Gasteiger partial charge in [0, 0.05) is 18.7 Å². The van der Waals surface area contributed by atoms with E-state index in [1.54, 1.807) is 18.3 Å². The Morgan fingerprint density at radius 3 is 2.14 bits per heavy atom. The zero-order chi connectivity index (χ0) is 20.7. The van der Waals surface area contributed by atoms with Gasteiger partial charge in [0.1, 0.15) is 5.82 Å². The fourth-order valence-electron chi connectivity index (χ4n) is 2.78. The number of amides is 2. The highest BCUT2D eigenvalue weighted by atomic mass is 16.2. The largest absolute Gasteiger partial charge is 0.357 e. The Morgan fingerprint density at radius 2 is 1.64 bits per heavy atom. The van der Waals surface area contributed by atoms with E-state index >= 15 is 0 Å². The summed E-state index contributed by atoms with van der Waals surface area (Å²) in [6.45, 7) is 12.1. The standard InChI is InChI=1S/C22H30N4O2/c1-6-26(7-2)19-13-12-18(14-23-19)25-20(27)15-24-21(28)16-8-10-17(11-9-16)22(3,4)5/h8-14H,6-7,15H2,1-5H3,(H,24,28)(H,25,27). The zero-order valence-corrected chi connectivity index (χ0v) is 17.4. The Morgan fingerprint density at radius 1 is 1.00 bits per heavy atom. The Hall–Kier alpha value is -2.89. The lowest BCUT2D eigenvalue weighted by Gasteiger charge is -2.19. The van der Waals surface area contributed by atoms with Crippen molar-refractivity contribution in [3.8, 4) is 0 Å². The van der Waals surface area contributed by atoms with Crippen molar-refractivity contribution in [3.63, 3.8) is 0 Å². The number of anilines is 2. The zero-order valence-electron chi connectivity index (χ0n) is 17.4. The number of nitrogens with zero attached hydrogens (tertiary/aromatic N) is 2. The molecular weight excluding hydrogens is 352 g/mol. The molecule has 6 heteroatoms. The van der Waals surface area contributed by atoms with Gasteiger partial charge in [-0.05, 0) is 49.1 Å². The average molecular weight is 383 g/mol. The summed E-state index contributed by atoms with van der Waals surface area (Å²) in [7, 11) is 0. The van der Waals surface area contributed by atoms with E-state index < -0.39 is 0 Å². The van der Waals surface area contributed by atoms with Crippen LogP contribution in [0, 0.1) is 0 Å². The summed E-state index contributed by atoms with van der Waals surface area (Å²) in [5, 5.41) is 5.39. The molecule has 1 aromatic heterocycles. The van der Waals surface area contributed by atoms with Gasteiger partial charge >= 0.3 is 0 Å². The maximum absolute atomic E-state index is 12.2. The van der Waals surface area contributed by atoms with Crippen LogP contribution in [0.25, 0.3) is 0 Å². The number of aromatic nitrogens is 1. The molecule has 2 aromatic rings. The van der Waals surface area contributed by atoms with Crippen molar-refractivity contribution in [1.82, 2.24) is 10.3 Å². The minimum Gasteiger partial charge on any atom is -0.357 e. The third kappa shape index (κ3) is 5.81. The van der Waals surface area contributed by atoms with Crippen LogP contribution in [0.15, 0.2) is 42.6 Å². The summed E-state index contributed by atoms with van der Waals surface area (Å²) in [6.07, 6.45) is 1.62. The van der Waals surface area contributed by atoms with E-state index in [1.807, 2.05) is 24.3 Å². The Balaban J connectivity index is 1.87. The molecule has 0 fully saturated rings. The van der Waals surface area contributed by atoms with Gasteiger partial charge in [-0.2, -0.15) is 0 Å². The molecule has 0 radical (unpaired) electrons. The molecule has 150 valence electrons. The third-order valence-electron chi connectivity index (χ3n) is 4.54. The van der Waals surface area contributed by atoms with Crippen molar-refractivity contribution in [2.75, 3.05) is 29.9 Å². The first-order valence-corrected chi connectivity index (χ1v) is 9.64. The molecule has 1 heterocycles. The molecule has 2 amide bonds. The number of pyridine rings is 1. The van der Waals surface area contributed by atoms with E-state index in [1.165, 1.54) is 0 Å². The van der Waals surface area contributed by atoms with E-state index in [4.69, 9.17) is 0 Å². The first kappa shape index (κ1) is 21.4. The van der Waals surface area contributed by atoms with E-state index in [-0.39, 0.29) is 23.8 Å². The number of carbonyl (C=O) groups excluding carboxylic acids is 2. The first-order valence-electron chi connectivity index (χ1n) is 9.64. The minimum atomic E-state index is -0.294. The van der Waals surface area contributed by atoms with E-state index in [0.717, 1.165) is 24.5 Å². The molecule has 28 heavy (non-hydrogen) atoms. The number of nitrogens with one attached hydrogen (secondary N) is 2. The number of carbonyl (C=O) groups is 2. The second-order valence-corrected chi connectivity index (χ2v) is 7.64. The van der Waals surface area contributed by atoms with Gasteiger partial charge in [0.25, 0.3) is 5.91 Å². The predicted octanol–water partition coefficient (Wildman–Crippen LogP) is 3.59. The van der Waals surface area contributed by atoms with Crippen molar-refractivity contribution in [1.29, 1.82) is 0 Å². The van der Waals surface area contributed by atoms with Crippen LogP contribution in [0.1, 0.15) is 50.5 Å². The van der Waals surface area contributed by atoms with E-state index in [9.17, 15) is 9.59 Å². The normalized spacial score (nSPS) is 11.0. The summed E-state index contributed by atoms with van der Waals surface area (Å²) < 4.78 is 0. The van der Waals surface area contributed by atoms with Gasteiger partial charge in [0.2, 0.25) is 5.91 Å². The summed E-state index contributed by atoms with van der Waals surface area (Å²) >= 11 is 0. The fourth-order valence-corrected chi connectivity index (χ4v) is 2.78. The van der Waals surface area contributed by atoms with Gasteiger partial charge in [0.05, 0.1) is 18.4 Å². The van der Waals surface area contributed by atoms with Gasteiger partial charge in [-0.1, -0.05) is 32.9 Å². The molecule has 0 aliphatic carbocycles. The lowest BCUT2D eigenvalue weighted by molar-refractivity contribution is -0.115. The molecule has 2 N–H and O–H groups in total. The minimum absolute atomic E-state index is 0.0315. The second-order valence-electron chi connectivity index (χ2n) is 7.64. The molecular formula is C22H30N4O2. The highest BCUT2D eigenvalue weighted by molar-refractivity contribution is 5.99. The third-order valence-corrected chi connectivity index (χ3v) is 4.54. The van der Waals surface area contributed by atoms with Crippen LogP contribution in [0.4, 0.5) is 11.5 Å². The number of hydrogen-bond donors (Lipinski definition) is 2. The van der Waals surface area contributed by atoms with Gasteiger partial charge in [-0.15, -0.1) is 0 Å². The first-order chi connectivity index (χ1) is 13.2. The SMILES string of the molecule is CCN(CC)c1ccc(NC(=O)CNC(=O)c2ccc(C(C)(C)C)cc2)cn1. The predicted molar refractivity (Wildman–Crippen MR) is 114 cm³/mol. The van der Waals surface area contributed by atoms with Crippen LogP contribution >= 0.6 is 0 Å². The van der Waals surface area contributed by atoms with Crippen molar-refractivity contribution in [2.45, 2.75) is 40.0 Å². The van der Waals surface area contributed by atoms with Crippen LogP contribution in [-0.4, -0.2) is 36.4 Å². The topological polar surface area (TPSA) is 74.3 Å². The fraction of sp³-hybridized carbons (Fsp3) is 0.409. The lowest BCUT2D eigenvalue weighted by Crippen LogP contribution is -2.33. The highest BCUT2D eigenvalue weighted by Gasteiger charge is 2.14. The molecule has 0 aliphatic rings. The highest BCUT2D eigenvalue weighted by Crippen LogP contribution is 2.22. The Bertz CT molecular complexity index is 789. The second kappa shape index (κ2) is 9.35. The van der Waals surface area contributed by atoms with Crippen LogP contribution < -0.4 is 15.5 Å². The van der Waals surface area contributed by atoms with Crippen molar-refractivity contribution in [3.05, 3.63) is 53.7 Å².